The van der Waals surface area contributed by atoms with Gasteiger partial charge in [-0.15, -0.1) is 0 Å². The van der Waals surface area contributed by atoms with Gasteiger partial charge in [-0.1, -0.05) is 81.5 Å². The number of aromatic amines is 2. The van der Waals surface area contributed by atoms with Gasteiger partial charge in [0.25, 0.3) is 0 Å². The zero-order valence-electron chi connectivity index (χ0n) is 30.5. The summed E-state index contributed by atoms with van der Waals surface area (Å²) in [6, 6.07) is 14.1. The van der Waals surface area contributed by atoms with Crippen LogP contribution in [0.15, 0.2) is 73.1 Å². The number of imidazole rings is 2. The molecule has 276 valence electrons. The normalized spacial score (nSPS) is 22.6. The van der Waals surface area contributed by atoms with Gasteiger partial charge in [-0.05, 0) is 41.0 Å². The Morgan fingerprint density at radius 3 is 1.96 bits per heavy atom. The number of nitrogens with one attached hydrogen (secondary N) is 6. The molecule has 2 saturated heterocycles. The van der Waals surface area contributed by atoms with Crippen molar-refractivity contribution in [1.82, 2.24) is 51.0 Å². The van der Waals surface area contributed by atoms with E-state index in [1.165, 1.54) is 7.05 Å². The van der Waals surface area contributed by atoms with Gasteiger partial charge in [0.05, 0.1) is 29.8 Å². The SMILES string of the molecule is CNC(=O)NC(C(=O)N1CC=C[C@H]1c1ncc(-c2ccc(-c3ccc(-c4cnc(C5CCC6C(C)[C@H](NC(=O)NC)C(=O)N56)[nH]4)cc3)cc2)[nH]1)C(C)C. The molecule has 0 spiro atoms. The third-order valence-corrected chi connectivity index (χ3v) is 10.8. The molecule has 2 aromatic heterocycles. The van der Waals surface area contributed by atoms with Crippen molar-refractivity contribution in [2.75, 3.05) is 20.6 Å². The van der Waals surface area contributed by atoms with Gasteiger partial charge in [0, 0.05) is 32.6 Å². The van der Waals surface area contributed by atoms with Crippen molar-refractivity contribution in [2.45, 2.75) is 63.8 Å². The molecule has 6 amide bonds. The lowest BCUT2D eigenvalue weighted by atomic mass is 9.96. The highest BCUT2D eigenvalue weighted by molar-refractivity contribution is 5.90. The van der Waals surface area contributed by atoms with E-state index >= 15 is 0 Å². The molecule has 7 rings (SSSR count). The molecule has 0 saturated carbocycles. The molecule has 0 radical (unpaired) electrons. The van der Waals surface area contributed by atoms with E-state index in [0.717, 1.165) is 52.3 Å². The largest absolute Gasteiger partial charge is 0.341 e. The summed E-state index contributed by atoms with van der Waals surface area (Å²) in [5.74, 6) is 1.11. The van der Waals surface area contributed by atoms with Crippen molar-refractivity contribution in [3.05, 3.63) is 84.7 Å². The number of hydrogen-bond donors (Lipinski definition) is 6. The minimum absolute atomic E-state index is 0.0129. The van der Waals surface area contributed by atoms with Crippen LogP contribution in [0.1, 0.15) is 57.3 Å². The second-order valence-corrected chi connectivity index (χ2v) is 14.3. The predicted octanol–water partition coefficient (Wildman–Crippen LogP) is 4.51. The Balaban J connectivity index is 1.00. The van der Waals surface area contributed by atoms with Crippen molar-refractivity contribution in [1.29, 1.82) is 0 Å². The van der Waals surface area contributed by atoms with E-state index in [9.17, 15) is 19.2 Å². The quantitative estimate of drug-likeness (QED) is 0.139. The number of urea groups is 2. The maximum Gasteiger partial charge on any atom is 0.315 e. The van der Waals surface area contributed by atoms with Gasteiger partial charge < -0.3 is 41.0 Å². The average molecular weight is 719 g/mol. The van der Waals surface area contributed by atoms with Gasteiger partial charge >= 0.3 is 12.1 Å². The standard InChI is InChI=1S/C39H46N10O4/c1-21(2)32(46-38(52)40-4)36(50)48-18-6-7-30(48)34-42-19-27(44-34)25-12-8-23(9-13-25)24-10-14-26(15-11-24)28-20-43-35(45-28)31-17-16-29-22(3)33(37(51)49(29)31)47-39(53)41-5/h6-15,19-22,29-33H,16-18H2,1-5H3,(H,42,44)(H,43,45)(H2,40,46,52)(H2,41,47,53)/t22?,29?,30-,31?,32?,33-/m0/s1. The Bertz CT molecular complexity index is 2020. The lowest BCUT2D eigenvalue weighted by Crippen LogP contribution is -2.53. The van der Waals surface area contributed by atoms with Crippen LogP contribution in [0.4, 0.5) is 9.59 Å². The fourth-order valence-corrected chi connectivity index (χ4v) is 7.82. The first kappa shape index (κ1) is 35.5. The first-order chi connectivity index (χ1) is 25.6. The summed E-state index contributed by atoms with van der Waals surface area (Å²) in [4.78, 5) is 70.7. The number of carbonyl (C=O) groups excluding carboxylic acids is 4. The molecule has 0 bridgehead atoms. The van der Waals surface area contributed by atoms with Crippen molar-refractivity contribution >= 4 is 23.9 Å². The number of fused-ring (bicyclic) bond motifs is 1. The van der Waals surface area contributed by atoms with E-state index < -0.39 is 18.1 Å². The summed E-state index contributed by atoms with van der Waals surface area (Å²) in [5.41, 5.74) is 5.78. The molecule has 53 heavy (non-hydrogen) atoms. The van der Waals surface area contributed by atoms with Crippen LogP contribution in [-0.2, 0) is 9.59 Å². The smallest absolute Gasteiger partial charge is 0.315 e. The van der Waals surface area contributed by atoms with E-state index in [1.54, 1.807) is 18.1 Å². The summed E-state index contributed by atoms with van der Waals surface area (Å²) < 4.78 is 0. The summed E-state index contributed by atoms with van der Waals surface area (Å²) >= 11 is 0. The van der Waals surface area contributed by atoms with E-state index in [0.29, 0.717) is 12.4 Å². The molecule has 4 aromatic rings. The Hall–Kier alpha value is -5.92. The third-order valence-electron chi connectivity index (χ3n) is 10.8. The zero-order valence-corrected chi connectivity index (χ0v) is 30.5. The molecule has 0 aliphatic carbocycles. The molecule has 4 unspecified atom stereocenters. The van der Waals surface area contributed by atoms with E-state index in [1.807, 2.05) is 56.2 Å². The monoisotopic (exact) mass is 718 g/mol. The molecule has 2 aromatic carbocycles. The molecule has 6 N–H and O–H groups in total. The number of nitrogens with zero attached hydrogens (tertiary/aromatic N) is 4. The van der Waals surface area contributed by atoms with Crippen LogP contribution in [0.25, 0.3) is 33.6 Å². The Morgan fingerprint density at radius 2 is 1.38 bits per heavy atom. The number of amides is 6. The zero-order chi connectivity index (χ0) is 37.4. The number of aromatic nitrogens is 4. The van der Waals surface area contributed by atoms with Gasteiger partial charge in [0.2, 0.25) is 11.8 Å². The highest BCUT2D eigenvalue weighted by Gasteiger charge is 2.53. The van der Waals surface area contributed by atoms with Crippen LogP contribution >= 0.6 is 0 Å². The molecule has 14 heteroatoms. The Labute approximate surface area is 308 Å². The van der Waals surface area contributed by atoms with Gasteiger partial charge in [-0.25, -0.2) is 19.6 Å². The maximum absolute atomic E-state index is 13.5. The lowest BCUT2D eigenvalue weighted by molar-refractivity contribution is -0.135. The highest BCUT2D eigenvalue weighted by Crippen LogP contribution is 2.44. The van der Waals surface area contributed by atoms with E-state index in [-0.39, 0.29) is 47.8 Å². The number of hydrogen-bond acceptors (Lipinski definition) is 6. The predicted molar refractivity (Wildman–Crippen MR) is 200 cm³/mol. The van der Waals surface area contributed by atoms with Crippen LogP contribution < -0.4 is 21.3 Å². The molecule has 2 fully saturated rings. The number of benzene rings is 2. The van der Waals surface area contributed by atoms with Crippen molar-refractivity contribution in [3.8, 4) is 33.6 Å². The highest BCUT2D eigenvalue weighted by atomic mass is 16.2. The minimum atomic E-state index is -0.661. The first-order valence-electron chi connectivity index (χ1n) is 18.1. The fourth-order valence-electron chi connectivity index (χ4n) is 7.82. The van der Waals surface area contributed by atoms with Crippen LogP contribution in [0.2, 0.25) is 0 Å². The third kappa shape index (κ3) is 6.76. The van der Waals surface area contributed by atoms with Crippen LogP contribution in [0.3, 0.4) is 0 Å². The second-order valence-electron chi connectivity index (χ2n) is 14.3. The fraction of sp³-hybridized carbons (Fsp3) is 0.385. The van der Waals surface area contributed by atoms with Crippen LogP contribution in [-0.4, -0.2) is 92.4 Å². The molecule has 3 aliphatic heterocycles. The average Bonchev–Trinajstić information content (AvgIpc) is 4.02. The van der Waals surface area contributed by atoms with Crippen LogP contribution in [0, 0.1) is 11.8 Å². The molecule has 5 heterocycles. The first-order valence-corrected chi connectivity index (χ1v) is 18.1. The molecule has 14 nitrogen and oxygen atoms in total. The number of H-pyrrole nitrogens is 2. The van der Waals surface area contributed by atoms with Crippen molar-refractivity contribution in [2.24, 2.45) is 11.8 Å². The van der Waals surface area contributed by atoms with Gasteiger partial charge in [-0.2, -0.15) is 0 Å². The summed E-state index contributed by atoms with van der Waals surface area (Å²) in [6.45, 7) is 6.28. The summed E-state index contributed by atoms with van der Waals surface area (Å²) in [5, 5.41) is 10.7. The number of carbonyl (C=O) groups is 4. The topological polar surface area (TPSA) is 180 Å². The molecule has 3 aliphatic rings. The lowest BCUT2D eigenvalue weighted by Gasteiger charge is -2.30. The molecule has 6 atom stereocenters. The second kappa shape index (κ2) is 14.6. The molecular formula is C39H46N10O4. The van der Waals surface area contributed by atoms with Gasteiger partial charge in [0.15, 0.2) is 0 Å². The maximum atomic E-state index is 13.5. The summed E-state index contributed by atoms with van der Waals surface area (Å²) in [7, 11) is 3.07. The van der Waals surface area contributed by atoms with Crippen molar-refractivity contribution in [3.63, 3.8) is 0 Å². The van der Waals surface area contributed by atoms with E-state index in [2.05, 4.69) is 77.6 Å². The van der Waals surface area contributed by atoms with Gasteiger partial charge in [-0.3, -0.25) is 9.59 Å². The van der Waals surface area contributed by atoms with E-state index in [4.69, 9.17) is 0 Å². The Morgan fingerprint density at radius 1 is 0.811 bits per heavy atom. The molecular weight excluding hydrogens is 672 g/mol. The summed E-state index contributed by atoms with van der Waals surface area (Å²) in [6.07, 6.45) is 9.18. The Kier molecular flexibility index (Phi) is 9.78. The number of rotatable bonds is 9. The van der Waals surface area contributed by atoms with Crippen LogP contribution in [0.5, 0.6) is 0 Å². The minimum Gasteiger partial charge on any atom is -0.341 e. The van der Waals surface area contributed by atoms with Crippen molar-refractivity contribution < 1.29 is 19.2 Å². The van der Waals surface area contributed by atoms with Gasteiger partial charge in [0.1, 0.15) is 29.8 Å².